The summed E-state index contributed by atoms with van der Waals surface area (Å²) in [6.07, 6.45) is 1.24. The fourth-order valence-corrected chi connectivity index (χ4v) is 2.21. The number of hydrogen-bond donors (Lipinski definition) is 4. The van der Waals surface area contributed by atoms with Gasteiger partial charge in [-0.15, -0.1) is 0 Å². The molecule has 8 nitrogen and oxygen atoms in total. The number of carboxylic acids is 2. The van der Waals surface area contributed by atoms with Crippen molar-refractivity contribution in [3.05, 3.63) is 0 Å². The van der Waals surface area contributed by atoms with Gasteiger partial charge < -0.3 is 25.7 Å². The van der Waals surface area contributed by atoms with E-state index < -0.39 is 30.4 Å². The molecule has 1 heterocycles. The van der Waals surface area contributed by atoms with Crippen LogP contribution >= 0.6 is 0 Å². The van der Waals surface area contributed by atoms with Gasteiger partial charge in [0.25, 0.3) is 0 Å². The molecule has 120 valence electrons. The molecule has 1 aliphatic rings. The van der Waals surface area contributed by atoms with Gasteiger partial charge in [0.05, 0.1) is 6.42 Å². The maximum atomic E-state index is 11.7. The number of carbonyl (C=O) groups is 3. The molecule has 0 aromatic heterocycles. The summed E-state index contributed by atoms with van der Waals surface area (Å²) in [5, 5.41) is 22.3. The molecule has 1 rings (SSSR count). The van der Waals surface area contributed by atoms with Crippen molar-refractivity contribution in [3.63, 3.8) is 0 Å². The minimum Gasteiger partial charge on any atom is -0.481 e. The number of amides is 2. The van der Waals surface area contributed by atoms with Crippen LogP contribution in [0.2, 0.25) is 0 Å². The molecule has 4 N–H and O–H groups in total. The highest BCUT2D eigenvalue weighted by Gasteiger charge is 2.30. The lowest BCUT2D eigenvalue weighted by atomic mass is 9.80. The molecule has 0 spiro atoms. The van der Waals surface area contributed by atoms with E-state index in [2.05, 4.69) is 22.5 Å². The van der Waals surface area contributed by atoms with Crippen LogP contribution in [0.3, 0.4) is 0 Å². The third-order valence-electron chi connectivity index (χ3n) is 3.85. The van der Waals surface area contributed by atoms with Gasteiger partial charge in [0.2, 0.25) is 0 Å². The summed E-state index contributed by atoms with van der Waals surface area (Å²) >= 11 is 0. The average Bonchev–Trinajstić information content (AvgIpc) is 2.39. The molecule has 0 saturated carbocycles. The predicted octanol–water partition coefficient (Wildman–Crippen LogP) is -0.0546. The first kappa shape index (κ1) is 17.2. The van der Waals surface area contributed by atoms with Crippen molar-refractivity contribution in [1.29, 1.82) is 0 Å². The molecule has 0 aromatic carbocycles. The first-order chi connectivity index (χ1) is 9.72. The van der Waals surface area contributed by atoms with E-state index in [1.807, 2.05) is 7.05 Å². The van der Waals surface area contributed by atoms with E-state index in [4.69, 9.17) is 10.2 Å². The molecule has 8 heteroatoms. The summed E-state index contributed by atoms with van der Waals surface area (Å²) in [6.45, 7) is 4.42. The smallest absolute Gasteiger partial charge is 0.326 e. The van der Waals surface area contributed by atoms with Crippen LogP contribution in [0.15, 0.2) is 0 Å². The Kier molecular flexibility index (Phi) is 5.95. The van der Waals surface area contributed by atoms with Crippen molar-refractivity contribution in [2.24, 2.45) is 5.41 Å². The normalized spacial score (nSPS) is 19.5. The Morgan fingerprint density at radius 1 is 1.24 bits per heavy atom. The Labute approximate surface area is 123 Å². The first-order valence-electron chi connectivity index (χ1n) is 6.89. The first-order valence-corrected chi connectivity index (χ1v) is 6.89. The van der Waals surface area contributed by atoms with Crippen molar-refractivity contribution in [1.82, 2.24) is 15.5 Å². The minimum atomic E-state index is -1.42. The lowest BCUT2D eigenvalue weighted by Crippen LogP contribution is -2.50. The van der Waals surface area contributed by atoms with Crippen molar-refractivity contribution in [3.8, 4) is 0 Å². The second-order valence-electron chi connectivity index (χ2n) is 5.93. The average molecular weight is 301 g/mol. The fourth-order valence-electron chi connectivity index (χ4n) is 2.21. The molecule has 0 aliphatic carbocycles. The van der Waals surface area contributed by atoms with Crippen LogP contribution in [-0.4, -0.2) is 65.8 Å². The number of nitrogens with one attached hydrogen (secondary N) is 2. The molecule has 0 aromatic rings. The zero-order valence-corrected chi connectivity index (χ0v) is 12.4. The number of rotatable bonds is 6. The number of carbonyl (C=O) groups excluding carboxylic acids is 1. The Hall–Kier alpha value is -1.83. The van der Waals surface area contributed by atoms with E-state index in [1.54, 1.807) is 0 Å². The summed E-state index contributed by atoms with van der Waals surface area (Å²) in [5.41, 5.74) is -0.0185. The molecule has 2 amide bonds. The van der Waals surface area contributed by atoms with Crippen LogP contribution in [0.25, 0.3) is 0 Å². The van der Waals surface area contributed by atoms with Crippen molar-refractivity contribution in [2.75, 3.05) is 26.7 Å². The third kappa shape index (κ3) is 5.99. The second-order valence-corrected chi connectivity index (χ2v) is 5.93. The predicted molar refractivity (Wildman–Crippen MR) is 75.0 cm³/mol. The topological polar surface area (TPSA) is 119 Å². The summed E-state index contributed by atoms with van der Waals surface area (Å²) in [5.74, 6) is -2.64. The number of urea groups is 1. The number of aliphatic carboxylic acids is 2. The Morgan fingerprint density at radius 3 is 2.29 bits per heavy atom. The van der Waals surface area contributed by atoms with E-state index in [-0.39, 0.29) is 5.41 Å². The Bertz CT molecular complexity index is 405. The quantitative estimate of drug-likeness (QED) is 0.546. The summed E-state index contributed by atoms with van der Waals surface area (Å²) in [4.78, 5) is 35.3. The van der Waals surface area contributed by atoms with Gasteiger partial charge in [0, 0.05) is 6.54 Å². The molecule has 21 heavy (non-hydrogen) atoms. The van der Waals surface area contributed by atoms with E-state index in [0.717, 1.165) is 25.9 Å². The van der Waals surface area contributed by atoms with Crippen LogP contribution < -0.4 is 10.6 Å². The molecule has 0 unspecified atom stereocenters. The van der Waals surface area contributed by atoms with Crippen molar-refractivity contribution >= 4 is 18.0 Å². The van der Waals surface area contributed by atoms with Gasteiger partial charge in [-0.2, -0.15) is 0 Å². The van der Waals surface area contributed by atoms with Gasteiger partial charge in [0.15, 0.2) is 0 Å². The second kappa shape index (κ2) is 7.26. The fraction of sp³-hybridized carbons (Fsp3) is 0.769. The zero-order chi connectivity index (χ0) is 16.0. The number of carboxylic acid groups (broad SMARTS) is 2. The third-order valence-corrected chi connectivity index (χ3v) is 3.85. The summed E-state index contributed by atoms with van der Waals surface area (Å²) in [7, 11) is 2.04. The van der Waals surface area contributed by atoms with E-state index in [9.17, 15) is 14.4 Å². The maximum Gasteiger partial charge on any atom is 0.326 e. The molecule has 1 aliphatic heterocycles. The minimum absolute atomic E-state index is 0.0185. The lowest BCUT2D eigenvalue weighted by molar-refractivity contribution is -0.145. The molecular weight excluding hydrogens is 278 g/mol. The van der Waals surface area contributed by atoms with E-state index >= 15 is 0 Å². The lowest BCUT2D eigenvalue weighted by Gasteiger charge is -2.38. The molecule has 1 atom stereocenters. The van der Waals surface area contributed by atoms with Crippen LogP contribution in [0, 0.1) is 5.41 Å². The van der Waals surface area contributed by atoms with Gasteiger partial charge in [-0.25, -0.2) is 9.59 Å². The summed E-state index contributed by atoms with van der Waals surface area (Å²) < 4.78 is 0. The summed E-state index contributed by atoms with van der Waals surface area (Å²) in [6, 6.07) is -2.07. The number of likely N-dealkylation sites (tertiary alicyclic amines) is 1. The molecule has 0 bridgehead atoms. The van der Waals surface area contributed by atoms with Crippen LogP contribution in [0.4, 0.5) is 4.79 Å². The molecular formula is C13H23N3O5. The number of nitrogens with zero attached hydrogens (tertiary/aromatic N) is 1. The zero-order valence-electron chi connectivity index (χ0n) is 12.4. The highest BCUT2D eigenvalue weighted by Crippen LogP contribution is 2.29. The van der Waals surface area contributed by atoms with Gasteiger partial charge in [-0.1, -0.05) is 6.92 Å². The molecule has 1 fully saturated rings. The van der Waals surface area contributed by atoms with Crippen LogP contribution in [0.1, 0.15) is 26.2 Å². The van der Waals surface area contributed by atoms with Gasteiger partial charge in [-0.3, -0.25) is 4.79 Å². The van der Waals surface area contributed by atoms with Crippen molar-refractivity contribution in [2.45, 2.75) is 32.2 Å². The van der Waals surface area contributed by atoms with Gasteiger partial charge in [-0.05, 0) is 38.4 Å². The Balaban J connectivity index is 2.42. The van der Waals surface area contributed by atoms with Gasteiger partial charge >= 0.3 is 18.0 Å². The van der Waals surface area contributed by atoms with Crippen molar-refractivity contribution < 1.29 is 24.6 Å². The number of hydrogen-bond acceptors (Lipinski definition) is 4. The SMILES string of the molecule is CN1CCC(C)(CNC(=O)N[C@H](CC(=O)O)C(=O)O)CC1. The maximum absolute atomic E-state index is 11.7. The van der Waals surface area contributed by atoms with Gasteiger partial charge in [0.1, 0.15) is 6.04 Å². The standard InChI is InChI=1S/C13H23N3O5/c1-13(3-5-16(2)6-4-13)8-14-12(21)15-9(11(19)20)7-10(17)18/h9H,3-8H2,1-2H3,(H,17,18)(H,19,20)(H2,14,15,21)/t9-/m1/s1. The van der Waals surface area contributed by atoms with Crippen LogP contribution in [-0.2, 0) is 9.59 Å². The largest absolute Gasteiger partial charge is 0.481 e. The number of piperidine rings is 1. The monoisotopic (exact) mass is 301 g/mol. The van der Waals surface area contributed by atoms with E-state index in [1.165, 1.54) is 0 Å². The molecule has 1 saturated heterocycles. The highest BCUT2D eigenvalue weighted by molar-refractivity contribution is 5.86. The van der Waals surface area contributed by atoms with Crippen LogP contribution in [0.5, 0.6) is 0 Å². The van der Waals surface area contributed by atoms with E-state index in [0.29, 0.717) is 6.54 Å². The highest BCUT2D eigenvalue weighted by atomic mass is 16.4. The molecule has 0 radical (unpaired) electrons. The Morgan fingerprint density at radius 2 is 1.81 bits per heavy atom.